The molecular weight excluding hydrogens is 250 g/mol. The van der Waals surface area contributed by atoms with Crippen molar-refractivity contribution in [2.24, 2.45) is 5.92 Å². The summed E-state index contributed by atoms with van der Waals surface area (Å²) in [6.45, 7) is 3.60. The smallest absolute Gasteiger partial charge is 0.147 e. The number of rotatable bonds is 7. The molecule has 2 atom stereocenters. The Balaban J connectivity index is 1.66. The van der Waals surface area contributed by atoms with E-state index in [1.165, 1.54) is 12.7 Å². The summed E-state index contributed by atoms with van der Waals surface area (Å²) in [5.74, 6) is 3.64. The lowest BCUT2D eigenvalue weighted by molar-refractivity contribution is 0.444. The molecule has 1 aliphatic carbocycles. The molecule has 102 valence electrons. The topological polar surface area (TPSA) is 59.3 Å². The van der Waals surface area contributed by atoms with Gasteiger partial charge in [-0.1, -0.05) is 6.92 Å². The third-order valence-corrected chi connectivity index (χ3v) is 4.36. The lowest BCUT2D eigenvalue weighted by Gasteiger charge is -2.02. The molecule has 1 aliphatic rings. The van der Waals surface area contributed by atoms with E-state index in [1.54, 1.807) is 0 Å². The first-order valence-corrected chi connectivity index (χ1v) is 8.49. The Morgan fingerprint density at radius 2 is 2.17 bits per heavy atom. The number of hydrogen-bond donors (Lipinski definition) is 1. The maximum atomic E-state index is 10.9. The molecule has 1 aromatic heterocycles. The third-order valence-electron chi connectivity index (χ3n) is 3.33. The van der Waals surface area contributed by atoms with Gasteiger partial charge in [0.05, 0.1) is 12.3 Å². The van der Waals surface area contributed by atoms with Gasteiger partial charge in [-0.25, -0.2) is 8.42 Å². The molecule has 0 amide bonds. The first-order valence-electron chi connectivity index (χ1n) is 6.43. The normalized spacial score (nSPS) is 23.2. The van der Waals surface area contributed by atoms with Crippen LogP contribution in [0.1, 0.15) is 37.2 Å². The maximum Gasteiger partial charge on any atom is 0.147 e. The van der Waals surface area contributed by atoms with Crippen molar-refractivity contribution < 1.29 is 12.8 Å². The highest BCUT2D eigenvalue weighted by atomic mass is 32.2. The van der Waals surface area contributed by atoms with E-state index in [4.69, 9.17) is 4.42 Å². The van der Waals surface area contributed by atoms with E-state index < -0.39 is 9.84 Å². The molecule has 5 heteroatoms. The second kappa shape index (κ2) is 5.45. The van der Waals surface area contributed by atoms with Gasteiger partial charge in [-0.2, -0.15) is 0 Å². The quantitative estimate of drug-likeness (QED) is 0.770. The Morgan fingerprint density at radius 1 is 1.44 bits per heavy atom. The highest BCUT2D eigenvalue weighted by Crippen LogP contribution is 2.47. The van der Waals surface area contributed by atoms with Crippen molar-refractivity contribution in [3.8, 4) is 0 Å². The molecule has 4 nitrogen and oxygen atoms in total. The molecular formula is C13H21NO3S. The van der Waals surface area contributed by atoms with Gasteiger partial charge in [0.15, 0.2) is 0 Å². The molecule has 1 saturated carbocycles. The van der Waals surface area contributed by atoms with Gasteiger partial charge in [0, 0.05) is 12.2 Å². The number of hydrogen-bond acceptors (Lipinski definition) is 4. The van der Waals surface area contributed by atoms with Crippen LogP contribution in [-0.4, -0.2) is 27.0 Å². The first-order chi connectivity index (χ1) is 8.46. The monoisotopic (exact) mass is 271 g/mol. The third kappa shape index (κ3) is 4.14. The summed E-state index contributed by atoms with van der Waals surface area (Å²) >= 11 is 0. The van der Waals surface area contributed by atoms with E-state index in [0.29, 0.717) is 25.4 Å². The summed E-state index contributed by atoms with van der Waals surface area (Å²) in [6, 6.07) is 4.06. The largest absolute Gasteiger partial charge is 0.464 e. The van der Waals surface area contributed by atoms with Gasteiger partial charge in [-0.05, 0) is 37.4 Å². The average Bonchev–Trinajstić information content (AvgIpc) is 2.82. The molecule has 1 aromatic rings. The number of furan rings is 1. The lowest BCUT2D eigenvalue weighted by atomic mass is 10.3. The van der Waals surface area contributed by atoms with E-state index in [-0.39, 0.29) is 5.75 Å². The van der Waals surface area contributed by atoms with E-state index in [0.717, 1.165) is 17.4 Å². The summed E-state index contributed by atoms with van der Waals surface area (Å²) in [5, 5.41) is 3.20. The van der Waals surface area contributed by atoms with Crippen LogP contribution in [-0.2, 0) is 16.4 Å². The van der Waals surface area contributed by atoms with Crippen molar-refractivity contribution in [1.29, 1.82) is 0 Å². The van der Waals surface area contributed by atoms with Gasteiger partial charge in [-0.3, -0.25) is 0 Å². The van der Waals surface area contributed by atoms with Gasteiger partial charge in [0.1, 0.15) is 21.4 Å². The molecule has 0 radical (unpaired) electrons. The van der Waals surface area contributed by atoms with Crippen LogP contribution in [0.15, 0.2) is 16.5 Å². The van der Waals surface area contributed by atoms with E-state index in [1.807, 2.05) is 6.07 Å². The lowest BCUT2D eigenvalue weighted by Crippen LogP contribution is -2.17. The van der Waals surface area contributed by atoms with Gasteiger partial charge in [0.2, 0.25) is 0 Å². The summed E-state index contributed by atoms with van der Waals surface area (Å²) in [7, 11) is -2.84. The molecule has 1 fully saturated rings. The Hall–Kier alpha value is -0.810. The maximum absolute atomic E-state index is 10.9. The molecule has 2 unspecified atom stereocenters. The molecule has 0 aromatic carbocycles. The second-order valence-corrected chi connectivity index (χ2v) is 7.54. The molecule has 0 aliphatic heterocycles. The van der Waals surface area contributed by atoms with Crippen molar-refractivity contribution in [3.63, 3.8) is 0 Å². The van der Waals surface area contributed by atoms with E-state index >= 15 is 0 Å². The zero-order valence-electron chi connectivity index (χ0n) is 11.0. The SMILES string of the molecule is CC1CC1c1ccc(CNCCCS(C)(=O)=O)o1. The van der Waals surface area contributed by atoms with Crippen LogP contribution >= 0.6 is 0 Å². The van der Waals surface area contributed by atoms with Crippen molar-refractivity contribution >= 4 is 9.84 Å². The molecule has 18 heavy (non-hydrogen) atoms. The minimum Gasteiger partial charge on any atom is -0.464 e. The van der Waals surface area contributed by atoms with Crippen LogP contribution in [0.2, 0.25) is 0 Å². The average molecular weight is 271 g/mol. The van der Waals surface area contributed by atoms with Crippen LogP contribution in [0.25, 0.3) is 0 Å². The highest BCUT2D eigenvalue weighted by molar-refractivity contribution is 7.90. The molecule has 0 bridgehead atoms. The zero-order valence-corrected chi connectivity index (χ0v) is 11.8. The standard InChI is InChI=1S/C13H21NO3S/c1-10-8-12(10)13-5-4-11(17-13)9-14-6-3-7-18(2,15)16/h4-5,10,12,14H,3,6-9H2,1-2H3. The van der Waals surface area contributed by atoms with Crippen LogP contribution in [0.4, 0.5) is 0 Å². The fraction of sp³-hybridized carbons (Fsp3) is 0.692. The fourth-order valence-electron chi connectivity index (χ4n) is 2.08. The van der Waals surface area contributed by atoms with Crippen LogP contribution < -0.4 is 5.32 Å². The van der Waals surface area contributed by atoms with Crippen LogP contribution in [0.3, 0.4) is 0 Å². The fourth-order valence-corrected chi connectivity index (χ4v) is 2.75. The molecule has 2 rings (SSSR count). The first kappa shape index (κ1) is 13.6. The van der Waals surface area contributed by atoms with Gasteiger partial charge < -0.3 is 9.73 Å². The minimum absolute atomic E-state index is 0.239. The molecule has 0 saturated heterocycles. The van der Waals surface area contributed by atoms with Gasteiger partial charge in [-0.15, -0.1) is 0 Å². The molecule has 1 heterocycles. The van der Waals surface area contributed by atoms with Crippen molar-refractivity contribution in [3.05, 3.63) is 23.7 Å². The Labute approximate surface area is 109 Å². The summed E-state index contributed by atoms with van der Waals surface area (Å²) < 4.78 is 27.6. The highest BCUT2D eigenvalue weighted by Gasteiger charge is 2.36. The minimum atomic E-state index is -2.84. The van der Waals surface area contributed by atoms with Crippen LogP contribution in [0.5, 0.6) is 0 Å². The van der Waals surface area contributed by atoms with Crippen molar-refractivity contribution in [2.45, 2.75) is 32.2 Å². The van der Waals surface area contributed by atoms with Crippen molar-refractivity contribution in [1.82, 2.24) is 5.32 Å². The molecule has 0 spiro atoms. The predicted molar refractivity (Wildman–Crippen MR) is 71.3 cm³/mol. The van der Waals surface area contributed by atoms with Gasteiger partial charge in [0.25, 0.3) is 0 Å². The zero-order chi connectivity index (χ0) is 13.2. The molecule has 1 N–H and O–H groups in total. The summed E-state index contributed by atoms with van der Waals surface area (Å²) in [5.41, 5.74) is 0. The van der Waals surface area contributed by atoms with Crippen molar-refractivity contribution in [2.75, 3.05) is 18.6 Å². The van der Waals surface area contributed by atoms with Crippen LogP contribution in [0, 0.1) is 5.92 Å². The Bertz CT molecular complexity index is 492. The van der Waals surface area contributed by atoms with E-state index in [9.17, 15) is 8.42 Å². The number of nitrogens with one attached hydrogen (secondary N) is 1. The second-order valence-electron chi connectivity index (χ2n) is 5.28. The van der Waals surface area contributed by atoms with Gasteiger partial charge >= 0.3 is 0 Å². The van der Waals surface area contributed by atoms with E-state index in [2.05, 4.69) is 18.3 Å². The Kier molecular flexibility index (Phi) is 4.12. The summed E-state index contributed by atoms with van der Waals surface area (Å²) in [4.78, 5) is 0. The Morgan fingerprint density at radius 3 is 2.78 bits per heavy atom. The predicted octanol–water partition coefficient (Wildman–Crippen LogP) is 1.93. The summed E-state index contributed by atoms with van der Waals surface area (Å²) in [6.07, 6.45) is 3.14. The number of sulfone groups is 1.